The molecule has 1 aliphatic heterocycles. The first-order valence-corrected chi connectivity index (χ1v) is 3.29. The van der Waals surface area contributed by atoms with Crippen LogP contribution in [0.2, 0.25) is 0 Å². The van der Waals surface area contributed by atoms with E-state index in [1.807, 2.05) is 0 Å². The van der Waals surface area contributed by atoms with Gasteiger partial charge in [-0.25, -0.2) is 0 Å². The maximum absolute atomic E-state index is 8.67. The van der Waals surface area contributed by atoms with Gasteiger partial charge in [0.15, 0.2) is 0 Å². The van der Waals surface area contributed by atoms with Gasteiger partial charge in [0, 0.05) is 15.4 Å². The summed E-state index contributed by atoms with van der Waals surface area (Å²) in [5, 5.41) is 9.95. The van der Waals surface area contributed by atoms with Crippen LogP contribution in [0.5, 0.6) is 0 Å². The van der Waals surface area contributed by atoms with E-state index >= 15 is 0 Å². The lowest BCUT2D eigenvalue weighted by Gasteiger charge is -2.18. The molecule has 1 atom stereocenters. The molecule has 1 fully saturated rings. The van der Waals surface area contributed by atoms with Crippen molar-refractivity contribution in [2.75, 3.05) is 19.4 Å². The molecular weight excluding hydrogens is 113 g/mol. The molecule has 0 bridgehead atoms. The molecule has 1 N–H and O–H groups in total. The van der Waals surface area contributed by atoms with Crippen LogP contribution in [0.4, 0.5) is 0 Å². The van der Waals surface area contributed by atoms with Gasteiger partial charge in [-0.3, -0.25) is 0 Å². The summed E-state index contributed by atoms with van der Waals surface area (Å²) in [5.74, 6) is 0. The summed E-state index contributed by atoms with van der Waals surface area (Å²) in [4.78, 5) is 0. The number of hydrogen-bond acceptors (Lipinski definition) is 3. The molecule has 1 heterocycles. The third-order valence-electron chi connectivity index (χ3n) is 0.801. The Kier molecular flexibility index (Phi) is 2.00. The van der Waals surface area contributed by atoms with E-state index in [1.54, 1.807) is 0 Å². The Labute approximate surface area is 44.1 Å². The Hall–Kier alpha value is 0.310. The first-order valence-electron chi connectivity index (χ1n) is 2.18. The summed E-state index contributed by atoms with van der Waals surface area (Å²) in [7, 11) is 0.458. The molecule has 0 radical (unpaired) electrons. The number of rotatable bonds is 0. The minimum Gasteiger partial charge on any atom is -0.360 e. The fourth-order valence-electron chi connectivity index (χ4n) is 0.422. The fourth-order valence-corrected chi connectivity index (χ4v) is 1.06. The maximum Gasteiger partial charge on any atom is 0.0656 e. The highest BCUT2D eigenvalue weighted by molar-refractivity contribution is 7.32. The van der Waals surface area contributed by atoms with Crippen LogP contribution in [-0.4, -0.2) is 29.7 Å². The molecule has 4 heteroatoms. The summed E-state index contributed by atoms with van der Waals surface area (Å²) in [5.41, 5.74) is 0. The first-order chi connectivity index (χ1) is 3.39. The Bertz CT molecular complexity index is 54.9. The second-order valence-corrected chi connectivity index (χ2v) is 2.27. The largest absolute Gasteiger partial charge is 0.360 e. The molecule has 0 spiro atoms. The molecule has 0 aromatic carbocycles. The van der Waals surface area contributed by atoms with Gasteiger partial charge in [-0.1, -0.05) is 0 Å². The van der Waals surface area contributed by atoms with Gasteiger partial charge < -0.3 is 9.73 Å². The lowest BCUT2D eigenvalue weighted by Crippen LogP contribution is -2.25. The summed E-state index contributed by atoms with van der Waals surface area (Å²) in [6.45, 7) is 1.34. The molecule has 1 aliphatic rings. The highest BCUT2D eigenvalue weighted by atomic mass is 31.1. The zero-order valence-corrected chi connectivity index (χ0v) is 4.92. The van der Waals surface area contributed by atoms with Gasteiger partial charge >= 0.3 is 0 Å². The third kappa shape index (κ3) is 1.70. The first kappa shape index (κ1) is 5.45. The molecule has 0 aromatic heterocycles. The summed E-state index contributed by atoms with van der Waals surface area (Å²) in [6.07, 6.45) is 0.681. The monoisotopic (exact) mass is 121 g/mol. The summed E-state index contributed by atoms with van der Waals surface area (Å²) >= 11 is 0. The van der Waals surface area contributed by atoms with E-state index in [9.17, 15) is 0 Å². The van der Waals surface area contributed by atoms with Crippen LogP contribution < -0.4 is 0 Å². The van der Waals surface area contributed by atoms with Crippen LogP contribution in [-0.2, 0) is 4.52 Å². The van der Waals surface area contributed by atoms with E-state index in [4.69, 9.17) is 9.73 Å². The molecule has 1 saturated heterocycles. The van der Waals surface area contributed by atoms with E-state index in [-0.39, 0.29) is 0 Å². The van der Waals surface area contributed by atoms with Crippen molar-refractivity contribution in [2.45, 2.75) is 0 Å². The van der Waals surface area contributed by atoms with E-state index < -0.39 is 0 Å². The van der Waals surface area contributed by atoms with Crippen LogP contribution in [0, 0.1) is 0 Å². The van der Waals surface area contributed by atoms with Crippen molar-refractivity contribution in [2.24, 2.45) is 0 Å². The van der Waals surface area contributed by atoms with Crippen molar-refractivity contribution in [3.8, 4) is 0 Å². The van der Waals surface area contributed by atoms with Crippen molar-refractivity contribution < 1.29 is 9.73 Å². The lowest BCUT2D eigenvalue weighted by atomic mass is 10.7. The Morgan fingerprint density at radius 2 is 2.57 bits per heavy atom. The topological polar surface area (TPSA) is 32.7 Å². The Morgan fingerprint density at radius 3 is 2.86 bits per heavy atom. The van der Waals surface area contributed by atoms with Gasteiger partial charge in [0.2, 0.25) is 0 Å². The molecule has 0 amide bonds. The highest BCUT2D eigenvalue weighted by Crippen LogP contribution is 2.16. The smallest absolute Gasteiger partial charge is 0.0656 e. The third-order valence-corrected chi connectivity index (χ3v) is 1.70. The zero-order valence-electron chi connectivity index (χ0n) is 3.92. The predicted molar refractivity (Wildman–Crippen MR) is 27.6 cm³/mol. The SMILES string of the molecule is ON1CCOPC1. The second-order valence-electron chi connectivity index (χ2n) is 1.38. The van der Waals surface area contributed by atoms with Crippen LogP contribution in [0.25, 0.3) is 0 Å². The summed E-state index contributed by atoms with van der Waals surface area (Å²) in [6, 6.07) is 0. The predicted octanol–water partition coefficient (Wildman–Crippen LogP) is 0.259. The molecule has 1 rings (SSSR count). The average molecular weight is 121 g/mol. The van der Waals surface area contributed by atoms with Crippen molar-refractivity contribution in [1.29, 1.82) is 0 Å². The van der Waals surface area contributed by atoms with Gasteiger partial charge in [0.05, 0.1) is 12.9 Å². The molecule has 0 aromatic rings. The maximum atomic E-state index is 8.67. The van der Waals surface area contributed by atoms with Gasteiger partial charge in [-0.15, -0.1) is 0 Å². The second kappa shape index (κ2) is 2.58. The summed E-state index contributed by atoms with van der Waals surface area (Å²) < 4.78 is 4.97. The zero-order chi connectivity index (χ0) is 5.11. The van der Waals surface area contributed by atoms with E-state index in [2.05, 4.69) is 0 Å². The van der Waals surface area contributed by atoms with Crippen molar-refractivity contribution >= 4 is 8.81 Å². The highest BCUT2D eigenvalue weighted by Gasteiger charge is 2.04. The van der Waals surface area contributed by atoms with Crippen molar-refractivity contribution in [3.63, 3.8) is 0 Å². The molecule has 42 valence electrons. The quantitative estimate of drug-likeness (QED) is 0.466. The Balaban J connectivity index is 2.12. The lowest BCUT2D eigenvalue weighted by molar-refractivity contribution is -0.0882. The molecule has 7 heavy (non-hydrogen) atoms. The number of hydrogen-bond donors (Lipinski definition) is 1. The minimum atomic E-state index is 0.458. The standard InChI is InChI=1S/C3H8NO2P/c5-4-1-2-6-7-3-4/h5,7H,1-3H2. The van der Waals surface area contributed by atoms with Gasteiger partial charge in [-0.2, -0.15) is 5.06 Å². The molecule has 0 saturated carbocycles. The normalized spacial score (nSPS) is 28.7. The van der Waals surface area contributed by atoms with E-state index in [0.717, 1.165) is 0 Å². The molecule has 0 aliphatic carbocycles. The van der Waals surface area contributed by atoms with E-state index in [1.165, 1.54) is 5.06 Å². The van der Waals surface area contributed by atoms with Gasteiger partial charge in [0.1, 0.15) is 0 Å². The van der Waals surface area contributed by atoms with Crippen LogP contribution in [0.1, 0.15) is 0 Å². The number of nitrogens with zero attached hydrogens (tertiary/aromatic N) is 1. The van der Waals surface area contributed by atoms with Crippen LogP contribution in [0.15, 0.2) is 0 Å². The van der Waals surface area contributed by atoms with Crippen molar-refractivity contribution in [1.82, 2.24) is 5.06 Å². The van der Waals surface area contributed by atoms with Crippen LogP contribution >= 0.6 is 8.81 Å². The number of hydroxylamine groups is 2. The molecular formula is C3H8NO2P. The van der Waals surface area contributed by atoms with Crippen molar-refractivity contribution in [3.05, 3.63) is 0 Å². The van der Waals surface area contributed by atoms with Gasteiger partial charge in [0.25, 0.3) is 0 Å². The molecule has 1 unspecified atom stereocenters. The average Bonchev–Trinajstić information content (AvgIpc) is 1.69. The Morgan fingerprint density at radius 1 is 1.71 bits per heavy atom. The van der Waals surface area contributed by atoms with Crippen LogP contribution in [0.3, 0.4) is 0 Å². The minimum absolute atomic E-state index is 0.458. The van der Waals surface area contributed by atoms with Gasteiger partial charge in [-0.05, 0) is 0 Å². The van der Waals surface area contributed by atoms with E-state index in [0.29, 0.717) is 28.2 Å². The molecule has 3 nitrogen and oxygen atoms in total. The fraction of sp³-hybridized carbons (Fsp3) is 1.00.